The molecule has 4 rings (SSSR count). The normalized spacial score (nSPS) is 23.4. The Bertz CT molecular complexity index is 873. The SMILES string of the molecule is CC1Oc2ccc(S(=O)(=O)NC3CCN(C(=O)C4CC4)CC3)cc2NC1=O. The zero-order valence-electron chi connectivity index (χ0n) is 15.1. The van der Waals surface area contributed by atoms with Crippen LogP contribution in [0.25, 0.3) is 0 Å². The van der Waals surface area contributed by atoms with Crippen LogP contribution in [0.1, 0.15) is 32.6 Å². The van der Waals surface area contributed by atoms with Crippen LogP contribution >= 0.6 is 0 Å². The maximum absolute atomic E-state index is 12.7. The van der Waals surface area contributed by atoms with Gasteiger partial charge < -0.3 is 15.0 Å². The fourth-order valence-corrected chi connectivity index (χ4v) is 4.78. The molecular formula is C18H23N3O5S. The molecule has 1 saturated heterocycles. The molecule has 0 radical (unpaired) electrons. The van der Waals surface area contributed by atoms with Gasteiger partial charge in [0.05, 0.1) is 10.6 Å². The highest BCUT2D eigenvalue weighted by Gasteiger charge is 2.35. The molecule has 1 aromatic carbocycles. The highest BCUT2D eigenvalue weighted by molar-refractivity contribution is 7.89. The van der Waals surface area contributed by atoms with Crippen LogP contribution in [-0.2, 0) is 19.6 Å². The van der Waals surface area contributed by atoms with Crippen LogP contribution in [0.3, 0.4) is 0 Å². The van der Waals surface area contributed by atoms with Gasteiger partial charge in [-0.2, -0.15) is 0 Å². The summed E-state index contributed by atoms with van der Waals surface area (Å²) in [6.07, 6.45) is 2.53. The van der Waals surface area contributed by atoms with Crippen molar-refractivity contribution in [2.75, 3.05) is 18.4 Å². The number of amides is 2. The first-order chi connectivity index (χ1) is 12.8. The van der Waals surface area contributed by atoms with Crippen molar-refractivity contribution < 1.29 is 22.7 Å². The molecule has 27 heavy (non-hydrogen) atoms. The number of piperidine rings is 1. The zero-order valence-corrected chi connectivity index (χ0v) is 15.9. The smallest absolute Gasteiger partial charge is 0.265 e. The fourth-order valence-electron chi connectivity index (χ4n) is 3.45. The van der Waals surface area contributed by atoms with Crippen LogP contribution in [0.15, 0.2) is 23.1 Å². The Morgan fingerprint density at radius 1 is 1.22 bits per heavy atom. The molecule has 146 valence electrons. The Balaban J connectivity index is 1.41. The Hall–Kier alpha value is -2.13. The third-order valence-electron chi connectivity index (χ3n) is 5.25. The Labute approximate surface area is 158 Å². The van der Waals surface area contributed by atoms with E-state index in [1.165, 1.54) is 12.1 Å². The summed E-state index contributed by atoms with van der Waals surface area (Å²) in [5.74, 6) is 0.538. The molecule has 1 saturated carbocycles. The van der Waals surface area contributed by atoms with Crippen molar-refractivity contribution in [2.45, 2.75) is 49.6 Å². The van der Waals surface area contributed by atoms with Gasteiger partial charge in [0.15, 0.2) is 6.10 Å². The minimum Gasteiger partial charge on any atom is -0.479 e. The van der Waals surface area contributed by atoms with E-state index in [9.17, 15) is 18.0 Å². The maximum atomic E-state index is 12.7. The summed E-state index contributed by atoms with van der Waals surface area (Å²) in [6.45, 7) is 2.79. The first kappa shape index (κ1) is 18.2. The van der Waals surface area contributed by atoms with Crippen LogP contribution in [0.4, 0.5) is 5.69 Å². The summed E-state index contributed by atoms with van der Waals surface area (Å²) in [4.78, 5) is 25.8. The average Bonchev–Trinajstić information content (AvgIpc) is 3.47. The van der Waals surface area contributed by atoms with E-state index in [-0.39, 0.29) is 28.7 Å². The molecule has 2 heterocycles. The van der Waals surface area contributed by atoms with Crippen LogP contribution in [0.5, 0.6) is 5.75 Å². The molecule has 2 aliphatic heterocycles. The van der Waals surface area contributed by atoms with Gasteiger partial charge in [-0.05, 0) is 50.8 Å². The van der Waals surface area contributed by atoms with Gasteiger partial charge in [-0.15, -0.1) is 0 Å². The molecule has 2 amide bonds. The Morgan fingerprint density at radius 3 is 2.59 bits per heavy atom. The fraction of sp³-hybridized carbons (Fsp3) is 0.556. The van der Waals surface area contributed by atoms with E-state index in [1.807, 2.05) is 4.90 Å². The van der Waals surface area contributed by atoms with Crippen molar-refractivity contribution >= 4 is 27.5 Å². The van der Waals surface area contributed by atoms with Crippen LogP contribution in [0.2, 0.25) is 0 Å². The van der Waals surface area contributed by atoms with E-state index in [0.717, 1.165) is 12.8 Å². The van der Waals surface area contributed by atoms with E-state index in [4.69, 9.17) is 4.74 Å². The van der Waals surface area contributed by atoms with Crippen LogP contribution < -0.4 is 14.8 Å². The van der Waals surface area contributed by atoms with E-state index in [2.05, 4.69) is 10.0 Å². The van der Waals surface area contributed by atoms with Crippen LogP contribution in [0, 0.1) is 5.92 Å². The monoisotopic (exact) mass is 393 g/mol. The van der Waals surface area contributed by atoms with Gasteiger partial charge in [-0.3, -0.25) is 9.59 Å². The predicted molar refractivity (Wildman–Crippen MR) is 97.8 cm³/mol. The third kappa shape index (κ3) is 3.79. The van der Waals surface area contributed by atoms with E-state index >= 15 is 0 Å². The second kappa shape index (κ2) is 6.79. The highest BCUT2D eigenvalue weighted by atomic mass is 32.2. The van der Waals surface area contributed by atoms with Gasteiger partial charge in [-0.1, -0.05) is 0 Å². The van der Waals surface area contributed by atoms with Gasteiger partial charge in [0, 0.05) is 25.0 Å². The summed E-state index contributed by atoms with van der Waals surface area (Å²) in [6, 6.07) is 4.22. The maximum Gasteiger partial charge on any atom is 0.265 e. The molecule has 8 nitrogen and oxygen atoms in total. The molecule has 1 aromatic rings. The molecule has 0 aromatic heterocycles. The lowest BCUT2D eigenvalue weighted by atomic mass is 10.1. The summed E-state index contributed by atoms with van der Waals surface area (Å²) in [7, 11) is -3.73. The molecule has 9 heteroatoms. The van der Waals surface area contributed by atoms with Gasteiger partial charge in [0.1, 0.15) is 5.75 Å². The summed E-state index contributed by atoms with van der Waals surface area (Å²) < 4.78 is 33.6. The van der Waals surface area contributed by atoms with Crippen LogP contribution in [-0.4, -0.2) is 50.4 Å². The second-order valence-electron chi connectivity index (χ2n) is 7.40. The van der Waals surface area contributed by atoms with Gasteiger partial charge in [0.2, 0.25) is 15.9 Å². The Morgan fingerprint density at radius 2 is 1.93 bits per heavy atom. The van der Waals surface area contributed by atoms with Crippen molar-refractivity contribution in [2.24, 2.45) is 5.92 Å². The van der Waals surface area contributed by atoms with Gasteiger partial charge in [-0.25, -0.2) is 13.1 Å². The first-order valence-corrected chi connectivity index (χ1v) is 10.7. The van der Waals surface area contributed by atoms with E-state index in [0.29, 0.717) is 37.4 Å². The minimum atomic E-state index is -3.73. The lowest BCUT2D eigenvalue weighted by molar-refractivity contribution is -0.133. The first-order valence-electron chi connectivity index (χ1n) is 9.26. The summed E-state index contributed by atoms with van der Waals surface area (Å²) in [5, 5.41) is 2.66. The van der Waals surface area contributed by atoms with E-state index in [1.54, 1.807) is 13.0 Å². The molecular weight excluding hydrogens is 370 g/mol. The number of carbonyl (C=O) groups excluding carboxylic acids is 2. The molecule has 3 aliphatic rings. The number of benzene rings is 1. The third-order valence-corrected chi connectivity index (χ3v) is 6.77. The minimum absolute atomic E-state index is 0.0798. The summed E-state index contributed by atoms with van der Waals surface area (Å²) >= 11 is 0. The number of fused-ring (bicyclic) bond motifs is 1. The molecule has 2 fully saturated rings. The Kier molecular flexibility index (Phi) is 4.59. The highest BCUT2D eigenvalue weighted by Crippen LogP contribution is 2.33. The number of nitrogens with one attached hydrogen (secondary N) is 2. The van der Waals surface area contributed by atoms with E-state index < -0.39 is 16.1 Å². The van der Waals surface area contributed by atoms with Gasteiger partial charge >= 0.3 is 0 Å². The number of nitrogens with zero attached hydrogens (tertiary/aromatic N) is 1. The number of hydrogen-bond donors (Lipinski definition) is 2. The average molecular weight is 393 g/mol. The predicted octanol–water partition coefficient (Wildman–Crippen LogP) is 1.09. The number of ether oxygens (including phenoxy) is 1. The second-order valence-corrected chi connectivity index (χ2v) is 9.12. The molecule has 1 aliphatic carbocycles. The van der Waals surface area contributed by atoms with Crippen molar-refractivity contribution in [3.05, 3.63) is 18.2 Å². The number of likely N-dealkylation sites (tertiary alicyclic amines) is 1. The zero-order chi connectivity index (χ0) is 19.2. The largest absolute Gasteiger partial charge is 0.479 e. The van der Waals surface area contributed by atoms with Crippen molar-refractivity contribution in [1.82, 2.24) is 9.62 Å². The van der Waals surface area contributed by atoms with Crippen molar-refractivity contribution in [1.29, 1.82) is 0 Å². The number of hydrogen-bond acceptors (Lipinski definition) is 5. The van der Waals surface area contributed by atoms with Gasteiger partial charge in [0.25, 0.3) is 5.91 Å². The number of carbonyl (C=O) groups is 2. The van der Waals surface area contributed by atoms with Crippen molar-refractivity contribution in [3.8, 4) is 5.75 Å². The number of rotatable bonds is 4. The molecule has 1 atom stereocenters. The molecule has 2 N–H and O–H groups in total. The standard InChI is InChI=1S/C18H23N3O5S/c1-11-17(22)19-15-10-14(4-5-16(15)26-11)27(24,25)20-13-6-8-21(9-7-13)18(23)12-2-3-12/h4-5,10-13,20H,2-3,6-9H2,1H3,(H,19,22). The quantitative estimate of drug-likeness (QED) is 0.797. The number of anilines is 1. The lowest BCUT2D eigenvalue weighted by Gasteiger charge is -2.32. The topological polar surface area (TPSA) is 105 Å². The molecule has 0 bridgehead atoms. The molecule has 0 spiro atoms. The summed E-state index contributed by atoms with van der Waals surface area (Å²) in [5.41, 5.74) is 0.353. The van der Waals surface area contributed by atoms with Crippen molar-refractivity contribution in [3.63, 3.8) is 0 Å². The number of sulfonamides is 1. The lowest BCUT2D eigenvalue weighted by Crippen LogP contribution is -2.46. The molecule has 1 unspecified atom stereocenters.